The molecule has 5 heteroatoms. The number of hydrogen-bond donors (Lipinski definition) is 1. The molecule has 1 nitrogen and oxygen atoms in total. The minimum atomic E-state index is -5.02. The Kier molecular flexibility index (Phi) is 3.04. The van der Waals surface area contributed by atoms with Gasteiger partial charge in [-0.05, 0) is 18.1 Å². The second-order valence-electron chi connectivity index (χ2n) is 3.31. The highest BCUT2D eigenvalue weighted by Gasteiger charge is 2.55. The predicted molar refractivity (Wildman–Crippen MR) is 47.1 cm³/mol. The monoisotopic (exact) mass is 222 g/mol. The highest BCUT2D eigenvalue weighted by Crippen LogP contribution is 2.40. The van der Waals surface area contributed by atoms with Crippen molar-refractivity contribution in [3.63, 3.8) is 0 Å². The van der Waals surface area contributed by atoms with Crippen LogP contribution in [0.15, 0.2) is 24.3 Å². The first-order chi connectivity index (χ1) is 6.83. The van der Waals surface area contributed by atoms with E-state index in [0.717, 1.165) is 6.07 Å². The maximum Gasteiger partial charge on any atom is 0.424 e. The van der Waals surface area contributed by atoms with E-state index in [0.29, 0.717) is 0 Å². The summed E-state index contributed by atoms with van der Waals surface area (Å²) >= 11 is 0. The molecule has 15 heavy (non-hydrogen) atoms. The Balaban J connectivity index is 3.30. The third kappa shape index (κ3) is 1.97. The number of rotatable bonds is 2. The molecular formula is C10H10F4O. The van der Waals surface area contributed by atoms with E-state index in [1.54, 1.807) is 0 Å². The van der Waals surface area contributed by atoms with Crippen molar-refractivity contribution < 1.29 is 22.7 Å². The summed E-state index contributed by atoms with van der Waals surface area (Å²) < 4.78 is 49.9. The fourth-order valence-electron chi connectivity index (χ4n) is 1.34. The molecule has 0 saturated carbocycles. The Morgan fingerprint density at radius 3 is 2.13 bits per heavy atom. The number of hydrogen-bond acceptors (Lipinski definition) is 1. The van der Waals surface area contributed by atoms with Crippen LogP contribution in [0.4, 0.5) is 17.6 Å². The first-order valence-corrected chi connectivity index (χ1v) is 4.24. The van der Waals surface area contributed by atoms with Crippen LogP contribution in [0, 0.1) is 6.92 Å². The van der Waals surface area contributed by atoms with Gasteiger partial charge in [-0.1, -0.05) is 24.3 Å². The van der Waals surface area contributed by atoms with Crippen molar-refractivity contribution in [2.45, 2.75) is 18.7 Å². The van der Waals surface area contributed by atoms with E-state index < -0.39 is 24.0 Å². The third-order valence-corrected chi connectivity index (χ3v) is 2.25. The highest BCUT2D eigenvalue weighted by molar-refractivity contribution is 5.32. The molecule has 0 aliphatic carbocycles. The number of aliphatic hydroxyl groups is 1. The normalized spacial score (nSPS) is 16.1. The summed E-state index contributed by atoms with van der Waals surface area (Å²) in [5.74, 6) is 0. The van der Waals surface area contributed by atoms with Gasteiger partial charge in [0.2, 0.25) is 5.60 Å². The predicted octanol–water partition coefficient (Wildman–Crippen LogP) is 2.71. The van der Waals surface area contributed by atoms with Crippen LogP contribution in [-0.4, -0.2) is 18.0 Å². The maximum absolute atomic E-state index is 12.5. The average Bonchev–Trinajstić information content (AvgIpc) is 2.15. The number of benzene rings is 1. The Hall–Kier alpha value is -1.10. The lowest BCUT2D eigenvalue weighted by atomic mass is 9.91. The van der Waals surface area contributed by atoms with Crippen molar-refractivity contribution in [2.24, 2.45) is 0 Å². The van der Waals surface area contributed by atoms with Crippen LogP contribution in [0.3, 0.4) is 0 Å². The van der Waals surface area contributed by atoms with Gasteiger partial charge in [-0.2, -0.15) is 13.2 Å². The lowest BCUT2D eigenvalue weighted by Gasteiger charge is -2.29. The summed E-state index contributed by atoms with van der Waals surface area (Å²) in [5.41, 5.74) is -3.65. The third-order valence-electron chi connectivity index (χ3n) is 2.25. The lowest BCUT2D eigenvalue weighted by molar-refractivity contribution is -0.271. The molecule has 0 aliphatic rings. The number of halogens is 4. The summed E-state index contributed by atoms with van der Waals surface area (Å²) in [4.78, 5) is 0. The van der Waals surface area contributed by atoms with Gasteiger partial charge in [-0.15, -0.1) is 0 Å². The first-order valence-electron chi connectivity index (χ1n) is 4.24. The zero-order valence-corrected chi connectivity index (χ0v) is 7.98. The summed E-state index contributed by atoms with van der Waals surface area (Å²) in [7, 11) is 0. The van der Waals surface area contributed by atoms with Crippen LogP contribution in [0.25, 0.3) is 0 Å². The number of alkyl halides is 4. The molecule has 0 aromatic heterocycles. The molecule has 0 saturated heterocycles. The molecule has 1 rings (SSSR count). The van der Waals surface area contributed by atoms with Crippen molar-refractivity contribution in [3.8, 4) is 0 Å². The van der Waals surface area contributed by atoms with Crippen LogP contribution in [0.2, 0.25) is 0 Å². The van der Waals surface area contributed by atoms with E-state index in [1.807, 2.05) is 0 Å². The second kappa shape index (κ2) is 3.81. The molecule has 1 atom stereocenters. The van der Waals surface area contributed by atoms with Gasteiger partial charge in [-0.25, -0.2) is 4.39 Å². The average molecular weight is 222 g/mol. The molecule has 0 amide bonds. The van der Waals surface area contributed by atoms with Crippen LogP contribution in [-0.2, 0) is 5.60 Å². The van der Waals surface area contributed by atoms with E-state index in [-0.39, 0.29) is 5.56 Å². The van der Waals surface area contributed by atoms with Crippen LogP contribution >= 0.6 is 0 Å². The van der Waals surface area contributed by atoms with Gasteiger partial charge >= 0.3 is 6.18 Å². The first kappa shape index (κ1) is 12.0. The Labute approximate surface area is 84.3 Å². The largest absolute Gasteiger partial charge is 0.424 e. The molecule has 0 radical (unpaired) electrons. The van der Waals surface area contributed by atoms with Crippen LogP contribution < -0.4 is 0 Å². The van der Waals surface area contributed by atoms with Gasteiger partial charge in [0.15, 0.2) is 0 Å². The lowest BCUT2D eigenvalue weighted by Crippen LogP contribution is -2.44. The molecular weight excluding hydrogens is 212 g/mol. The maximum atomic E-state index is 12.5. The van der Waals surface area contributed by atoms with E-state index in [9.17, 15) is 22.7 Å². The van der Waals surface area contributed by atoms with Gasteiger partial charge in [0, 0.05) is 0 Å². The van der Waals surface area contributed by atoms with E-state index in [2.05, 4.69) is 0 Å². The fraction of sp³-hybridized carbons (Fsp3) is 0.400. The number of aryl methyl sites for hydroxylation is 1. The molecule has 1 aromatic rings. The Morgan fingerprint density at radius 1 is 1.20 bits per heavy atom. The smallest absolute Gasteiger partial charge is 0.374 e. The topological polar surface area (TPSA) is 20.2 Å². The molecule has 0 aliphatic heterocycles. The molecule has 0 bridgehead atoms. The van der Waals surface area contributed by atoms with Crippen molar-refractivity contribution in [1.29, 1.82) is 0 Å². The fourth-order valence-corrected chi connectivity index (χ4v) is 1.34. The zero-order chi connectivity index (χ0) is 11.7. The Morgan fingerprint density at radius 2 is 1.73 bits per heavy atom. The zero-order valence-electron chi connectivity index (χ0n) is 7.98. The van der Waals surface area contributed by atoms with E-state index >= 15 is 0 Å². The molecule has 1 aromatic carbocycles. The summed E-state index contributed by atoms with van der Waals surface area (Å²) in [5, 5.41) is 9.31. The van der Waals surface area contributed by atoms with Gasteiger partial charge in [0.05, 0.1) is 0 Å². The minimum Gasteiger partial charge on any atom is -0.374 e. The van der Waals surface area contributed by atoms with Crippen molar-refractivity contribution >= 4 is 0 Å². The van der Waals surface area contributed by atoms with Crippen molar-refractivity contribution in [3.05, 3.63) is 35.4 Å². The standard InChI is InChI=1S/C10H10F4O/c1-7-4-2-3-5-8(7)9(15,6-11)10(12,13)14/h2-5,15H,6H2,1H3. The van der Waals surface area contributed by atoms with Crippen LogP contribution in [0.1, 0.15) is 11.1 Å². The Bertz CT molecular complexity index is 348. The van der Waals surface area contributed by atoms with Crippen LogP contribution in [0.5, 0.6) is 0 Å². The minimum absolute atomic E-state index is 0.204. The highest BCUT2D eigenvalue weighted by atomic mass is 19.4. The summed E-state index contributed by atoms with van der Waals surface area (Å²) in [6.07, 6.45) is -5.02. The molecule has 1 unspecified atom stereocenters. The molecule has 0 fully saturated rings. The molecule has 1 N–H and O–H groups in total. The summed E-state index contributed by atoms with van der Waals surface area (Å²) in [6, 6.07) is 5.31. The summed E-state index contributed by atoms with van der Waals surface area (Å²) in [6.45, 7) is -0.497. The van der Waals surface area contributed by atoms with Gasteiger partial charge in [-0.3, -0.25) is 0 Å². The van der Waals surface area contributed by atoms with Crippen molar-refractivity contribution in [1.82, 2.24) is 0 Å². The van der Waals surface area contributed by atoms with Gasteiger partial charge in [0.25, 0.3) is 0 Å². The van der Waals surface area contributed by atoms with E-state index in [4.69, 9.17) is 0 Å². The molecule has 0 spiro atoms. The SMILES string of the molecule is Cc1ccccc1C(O)(CF)C(F)(F)F. The van der Waals surface area contributed by atoms with Crippen molar-refractivity contribution in [2.75, 3.05) is 6.67 Å². The van der Waals surface area contributed by atoms with Gasteiger partial charge < -0.3 is 5.11 Å². The van der Waals surface area contributed by atoms with Gasteiger partial charge in [0.1, 0.15) is 6.67 Å². The quantitative estimate of drug-likeness (QED) is 0.763. The molecule has 0 heterocycles. The van der Waals surface area contributed by atoms with E-state index in [1.165, 1.54) is 25.1 Å². The second-order valence-corrected chi connectivity index (χ2v) is 3.31. The molecule has 84 valence electrons.